The third kappa shape index (κ3) is 2.40. The van der Waals surface area contributed by atoms with Crippen LogP contribution in [0.2, 0.25) is 0 Å². The molecule has 0 radical (unpaired) electrons. The first-order valence-corrected chi connectivity index (χ1v) is 7.94. The quantitative estimate of drug-likeness (QED) is 0.726. The van der Waals surface area contributed by atoms with Gasteiger partial charge in [-0.05, 0) is 18.2 Å². The van der Waals surface area contributed by atoms with Crippen molar-refractivity contribution in [3.63, 3.8) is 0 Å². The van der Waals surface area contributed by atoms with Crippen LogP contribution in [0.4, 0.5) is 0 Å². The summed E-state index contributed by atoms with van der Waals surface area (Å²) in [6.07, 6.45) is 4.13. The van der Waals surface area contributed by atoms with Gasteiger partial charge in [0.15, 0.2) is 9.84 Å². The highest BCUT2D eigenvalue weighted by molar-refractivity contribution is 7.90. The Bertz CT molecular complexity index is 889. The second-order valence-corrected chi connectivity index (χ2v) is 6.59. The zero-order valence-corrected chi connectivity index (χ0v) is 11.6. The lowest BCUT2D eigenvalue weighted by atomic mass is 10.1. The Hall–Kier alpha value is -2.27. The molecular weight excluding hydrogens is 272 g/mol. The molecule has 2 heterocycles. The minimum Gasteiger partial charge on any atom is -0.263 e. The molecule has 100 valence electrons. The van der Waals surface area contributed by atoms with Crippen molar-refractivity contribution in [2.24, 2.45) is 0 Å². The van der Waals surface area contributed by atoms with Crippen LogP contribution in [0, 0.1) is 0 Å². The lowest BCUT2D eigenvalue weighted by Crippen LogP contribution is -1.98. The van der Waals surface area contributed by atoms with E-state index in [0.717, 1.165) is 10.9 Å². The molecule has 0 N–H and O–H groups in total. The van der Waals surface area contributed by atoms with Gasteiger partial charge >= 0.3 is 0 Å². The van der Waals surface area contributed by atoms with Crippen LogP contribution < -0.4 is 0 Å². The molecule has 0 aliphatic heterocycles. The lowest BCUT2D eigenvalue weighted by molar-refractivity contribution is 0.601. The minimum atomic E-state index is -3.27. The monoisotopic (exact) mass is 284 g/mol. The van der Waals surface area contributed by atoms with Gasteiger partial charge < -0.3 is 0 Å². The summed E-state index contributed by atoms with van der Waals surface area (Å²) >= 11 is 0. The van der Waals surface area contributed by atoms with E-state index in [1.807, 2.05) is 36.4 Å². The van der Waals surface area contributed by atoms with Crippen LogP contribution in [-0.2, 0) is 9.84 Å². The average Bonchev–Trinajstić information content (AvgIpc) is 2.46. The van der Waals surface area contributed by atoms with E-state index >= 15 is 0 Å². The van der Waals surface area contributed by atoms with Crippen molar-refractivity contribution in [1.29, 1.82) is 0 Å². The number of pyridine rings is 2. The molecule has 0 saturated carbocycles. The first kappa shape index (κ1) is 12.7. The Morgan fingerprint density at radius 2 is 1.80 bits per heavy atom. The number of hydrogen-bond acceptors (Lipinski definition) is 4. The Kier molecular flexibility index (Phi) is 2.99. The fourth-order valence-electron chi connectivity index (χ4n) is 1.99. The second-order valence-electron chi connectivity index (χ2n) is 4.57. The highest BCUT2D eigenvalue weighted by Crippen LogP contribution is 2.22. The van der Waals surface area contributed by atoms with Gasteiger partial charge in [-0.3, -0.25) is 4.98 Å². The molecule has 0 bridgehead atoms. The van der Waals surface area contributed by atoms with Crippen LogP contribution >= 0.6 is 0 Å². The van der Waals surface area contributed by atoms with Crippen LogP contribution in [0.25, 0.3) is 22.2 Å². The SMILES string of the molecule is CS(=O)(=O)c1cncc(-c2ccc3ccccc3n2)c1. The molecule has 0 unspecified atom stereocenters. The van der Waals surface area contributed by atoms with Crippen LogP contribution in [0.1, 0.15) is 0 Å². The summed E-state index contributed by atoms with van der Waals surface area (Å²) in [5, 5.41) is 1.04. The molecule has 0 amide bonds. The van der Waals surface area contributed by atoms with Crippen molar-refractivity contribution in [3.8, 4) is 11.3 Å². The number of fused-ring (bicyclic) bond motifs is 1. The molecule has 5 heteroatoms. The zero-order valence-electron chi connectivity index (χ0n) is 10.8. The molecule has 3 rings (SSSR count). The molecule has 2 aromatic heterocycles. The van der Waals surface area contributed by atoms with Crippen LogP contribution in [-0.4, -0.2) is 24.6 Å². The Balaban J connectivity index is 2.16. The maximum absolute atomic E-state index is 11.6. The van der Waals surface area contributed by atoms with Crippen LogP contribution in [0.5, 0.6) is 0 Å². The standard InChI is InChI=1S/C15H12N2O2S/c1-20(18,19)13-8-12(9-16-10-13)15-7-6-11-4-2-3-5-14(11)17-15/h2-10H,1H3. The van der Waals surface area contributed by atoms with E-state index in [9.17, 15) is 8.42 Å². The molecule has 0 saturated heterocycles. The molecule has 0 aliphatic rings. The molecule has 0 spiro atoms. The van der Waals surface area contributed by atoms with Crippen LogP contribution in [0.3, 0.4) is 0 Å². The van der Waals surface area contributed by atoms with E-state index < -0.39 is 9.84 Å². The predicted octanol–water partition coefficient (Wildman–Crippen LogP) is 2.70. The van der Waals surface area contributed by atoms with Gasteiger partial charge in [0, 0.05) is 29.6 Å². The van der Waals surface area contributed by atoms with E-state index in [4.69, 9.17) is 0 Å². The smallest absolute Gasteiger partial charge is 0.177 e. The summed E-state index contributed by atoms with van der Waals surface area (Å²) in [6, 6.07) is 13.2. The number of para-hydroxylation sites is 1. The van der Waals surface area contributed by atoms with Gasteiger partial charge in [0.1, 0.15) is 0 Å². The molecular formula is C15H12N2O2S. The van der Waals surface area contributed by atoms with Crippen LogP contribution in [0.15, 0.2) is 59.8 Å². The van der Waals surface area contributed by atoms with Gasteiger partial charge in [-0.15, -0.1) is 0 Å². The second kappa shape index (κ2) is 4.68. The fourth-order valence-corrected chi connectivity index (χ4v) is 2.58. The summed E-state index contributed by atoms with van der Waals surface area (Å²) in [7, 11) is -3.27. The van der Waals surface area contributed by atoms with Gasteiger partial charge in [0.2, 0.25) is 0 Å². The summed E-state index contributed by atoms with van der Waals surface area (Å²) in [5.74, 6) is 0. The Labute approximate surface area is 117 Å². The first-order chi connectivity index (χ1) is 9.54. The molecule has 0 aliphatic carbocycles. The molecule has 4 nitrogen and oxygen atoms in total. The van der Waals surface area contributed by atoms with Gasteiger partial charge in [0.05, 0.1) is 16.1 Å². The molecule has 3 aromatic rings. The van der Waals surface area contributed by atoms with Crippen molar-refractivity contribution in [3.05, 3.63) is 54.9 Å². The van der Waals surface area contributed by atoms with Gasteiger partial charge in [0.25, 0.3) is 0 Å². The highest BCUT2D eigenvalue weighted by Gasteiger charge is 2.10. The van der Waals surface area contributed by atoms with Crippen molar-refractivity contribution < 1.29 is 8.42 Å². The number of benzene rings is 1. The average molecular weight is 284 g/mol. The Morgan fingerprint density at radius 1 is 1.00 bits per heavy atom. The lowest BCUT2D eigenvalue weighted by Gasteiger charge is -2.04. The van der Waals surface area contributed by atoms with E-state index in [-0.39, 0.29) is 4.90 Å². The van der Waals surface area contributed by atoms with Crippen molar-refractivity contribution >= 4 is 20.7 Å². The van der Waals surface area contributed by atoms with Gasteiger partial charge in [-0.2, -0.15) is 0 Å². The maximum Gasteiger partial charge on any atom is 0.177 e. The molecule has 1 aromatic carbocycles. The van der Waals surface area contributed by atoms with Crippen molar-refractivity contribution in [2.45, 2.75) is 4.90 Å². The highest BCUT2D eigenvalue weighted by atomic mass is 32.2. The maximum atomic E-state index is 11.6. The summed E-state index contributed by atoms with van der Waals surface area (Å²) in [5.41, 5.74) is 2.27. The van der Waals surface area contributed by atoms with Crippen molar-refractivity contribution in [2.75, 3.05) is 6.26 Å². The van der Waals surface area contributed by atoms with Gasteiger partial charge in [-0.1, -0.05) is 24.3 Å². The van der Waals surface area contributed by atoms with Gasteiger partial charge in [-0.25, -0.2) is 13.4 Å². The number of sulfone groups is 1. The summed E-state index contributed by atoms with van der Waals surface area (Å²) in [4.78, 5) is 8.72. The van der Waals surface area contributed by atoms with E-state index in [1.54, 1.807) is 12.3 Å². The molecule has 0 fully saturated rings. The zero-order chi connectivity index (χ0) is 14.2. The Morgan fingerprint density at radius 3 is 2.60 bits per heavy atom. The largest absolute Gasteiger partial charge is 0.263 e. The summed E-state index contributed by atoms with van der Waals surface area (Å²) < 4.78 is 23.1. The third-order valence-corrected chi connectivity index (χ3v) is 4.12. The third-order valence-electron chi connectivity index (χ3n) is 3.04. The molecule has 0 atom stereocenters. The fraction of sp³-hybridized carbons (Fsp3) is 0.0667. The normalized spacial score (nSPS) is 11.7. The first-order valence-electron chi connectivity index (χ1n) is 6.05. The van der Waals surface area contributed by atoms with Crippen molar-refractivity contribution in [1.82, 2.24) is 9.97 Å². The predicted molar refractivity (Wildman–Crippen MR) is 78.1 cm³/mol. The molecule has 20 heavy (non-hydrogen) atoms. The summed E-state index contributed by atoms with van der Waals surface area (Å²) in [6.45, 7) is 0. The number of hydrogen-bond donors (Lipinski definition) is 0. The minimum absolute atomic E-state index is 0.199. The number of aromatic nitrogens is 2. The van der Waals surface area contributed by atoms with E-state index in [2.05, 4.69) is 9.97 Å². The number of rotatable bonds is 2. The topological polar surface area (TPSA) is 59.9 Å². The number of nitrogens with zero attached hydrogens (tertiary/aromatic N) is 2. The van der Waals surface area contributed by atoms with E-state index in [0.29, 0.717) is 11.3 Å². The van der Waals surface area contributed by atoms with E-state index in [1.165, 1.54) is 12.5 Å².